The van der Waals surface area contributed by atoms with Gasteiger partial charge in [-0.3, -0.25) is 4.68 Å². The van der Waals surface area contributed by atoms with Gasteiger partial charge in [0.1, 0.15) is 0 Å². The van der Waals surface area contributed by atoms with Crippen LogP contribution in [0, 0.1) is 12.8 Å². The summed E-state index contributed by atoms with van der Waals surface area (Å²) in [5.41, 5.74) is 2.49. The van der Waals surface area contributed by atoms with E-state index < -0.39 is 0 Å². The molecule has 0 saturated heterocycles. The lowest BCUT2D eigenvalue weighted by atomic mass is 9.96. The molecule has 0 aliphatic heterocycles. The molecule has 0 bridgehead atoms. The lowest BCUT2D eigenvalue weighted by molar-refractivity contribution is 0.393. The molecule has 0 aromatic carbocycles. The summed E-state index contributed by atoms with van der Waals surface area (Å²) in [6.45, 7) is 5.21. The average molecular weight is 235 g/mol. The van der Waals surface area contributed by atoms with Crippen molar-refractivity contribution >= 4 is 0 Å². The van der Waals surface area contributed by atoms with Crippen LogP contribution in [-0.4, -0.2) is 16.8 Å². The van der Waals surface area contributed by atoms with Gasteiger partial charge in [-0.25, -0.2) is 0 Å². The SMILES string of the molecule is CCn1nc(C)cc1C(CC1CCCC1)NC. The number of hydrogen-bond donors (Lipinski definition) is 1. The van der Waals surface area contributed by atoms with Gasteiger partial charge >= 0.3 is 0 Å². The van der Waals surface area contributed by atoms with Gasteiger partial charge in [-0.05, 0) is 39.3 Å². The molecule has 0 radical (unpaired) electrons. The van der Waals surface area contributed by atoms with Crippen molar-refractivity contribution in [1.29, 1.82) is 0 Å². The van der Waals surface area contributed by atoms with Crippen molar-refractivity contribution in [2.75, 3.05) is 7.05 Å². The van der Waals surface area contributed by atoms with E-state index in [0.717, 1.165) is 18.2 Å². The lowest BCUT2D eigenvalue weighted by Gasteiger charge is -2.20. The van der Waals surface area contributed by atoms with E-state index in [1.807, 2.05) is 0 Å². The molecular formula is C14H25N3. The van der Waals surface area contributed by atoms with Crippen LogP contribution in [0.25, 0.3) is 0 Å². The van der Waals surface area contributed by atoms with Crippen LogP contribution < -0.4 is 5.32 Å². The van der Waals surface area contributed by atoms with E-state index in [-0.39, 0.29) is 0 Å². The third-order valence-corrected chi connectivity index (χ3v) is 3.98. The Bertz CT molecular complexity index is 350. The van der Waals surface area contributed by atoms with E-state index in [9.17, 15) is 0 Å². The highest BCUT2D eigenvalue weighted by atomic mass is 15.3. The normalized spacial score (nSPS) is 18.8. The van der Waals surface area contributed by atoms with Crippen LogP contribution in [0.2, 0.25) is 0 Å². The standard InChI is InChI=1S/C14H25N3/c1-4-17-14(9-11(2)16-17)13(15-3)10-12-7-5-6-8-12/h9,12-13,15H,4-8,10H2,1-3H3. The fourth-order valence-electron chi connectivity index (χ4n) is 3.07. The summed E-state index contributed by atoms with van der Waals surface area (Å²) >= 11 is 0. The van der Waals surface area contributed by atoms with Gasteiger partial charge in [0.25, 0.3) is 0 Å². The first-order valence-electron chi connectivity index (χ1n) is 6.96. The molecule has 2 rings (SSSR count). The van der Waals surface area contributed by atoms with Crippen molar-refractivity contribution in [3.05, 3.63) is 17.5 Å². The Labute approximate surface area is 105 Å². The topological polar surface area (TPSA) is 29.9 Å². The van der Waals surface area contributed by atoms with Crippen molar-refractivity contribution < 1.29 is 0 Å². The Morgan fingerprint density at radius 2 is 2.18 bits per heavy atom. The molecular weight excluding hydrogens is 210 g/mol. The fourth-order valence-corrected chi connectivity index (χ4v) is 3.07. The molecule has 3 heteroatoms. The van der Waals surface area contributed by atoms with E-state index in [1.54, 1.807) is 0 Å². The first-order valence-corrected chi connectivity index (χ1v) is 6.96. The average Bonchev–Trinajstić information content (AvgIpc) is 2.94. The Hall–Kier alpha value is -0.830. The highest BCUT2D eigenvalue weighted by Crippen LogP contribution is 2.33. The summed E-state index contributed by atoms with van der Waals surface area (Å²) in [5, 5.41) is 8.02. The third-order valence-electron chi connectivity index (χ3n) is 3.98. The first-order chi connectivity index (χ1) is 8.24. The summed E-state index contributed by atoms with van der Waals surface area (Å²) < 4.78 is 2.14. The number of nitrogens with zero attached hydrogens (tertiary/aromatic N) is 2. The molecule has 1 aromatic rings. The highest BCUT2D eigenvalue weighted by Gasteiger charge is 2.22. The van der Waals surface area contributed by atoms with E-state index in [1.165, 1.54) is 37.8 Å². The van der Waals surface area contributed by atoms with Crippen LogP contribution >= 0.6 is 0 Å². The van der Waals surface area contributed by atoms with E-state index in [2.05, 4.69) is 42.1 Å². The number of aryl methyl sites for hydroxylation is 2. The molecule has 1 unspecified atom stereocenters. The van der Waals surface area contributed by atoms with Gasteiger partial charge in [0.15, 0.2) is 0 Å². The number of rotatable bonds is 5. The summed E-state index contributed by atoms with van der Waals surface area (Å²) in [5.74, 6) is 0.910. The van der Waals surface area contributed by atoms with Gasteiger partial charge in [-0.1, -0.05) is 25.7 Å². The van der Waals surface area contributed by atoms with Crippen molar-refractivity contribution in [1.82, 2.24) is 15.1 Å². The minimum Gasteiger partial charge on any atom is -0.312 e. The summed E-state index contributed by atoms with van der Waals surface area (Å²) in [7, 11) is 2.07. The second kappa shape index (κ2) is 5.67. The second-order valence-corrected chi connectivity index (χ2v) is 5.25. The van der Waals surface area contributed by atoms with Crippen LogP contribution in [0.1, 0.15) is 56.5 Å². The lowest BCUT2D eigenvalue weighted by Crippen LogP contribution is -2.22. The van der Waals surface area contributed by atoms with Crippen molar-refractivity contribution in [3.8, 4) is 0 Å². The Morgan fingerprint density at radius 3 is 2.76 bits per heavy atom. The number of hydrogen-bond acceptors (Lipinski definition) is 2. The molecule has 1 aliphatic rings. The Kier molecular flexibility index (Phi) is 4.21. The molecule has 96 valence electrons. The predicted octanol–water partition coefficient (Wildman–Crippen LogP) is 3.05. The molecule has 1 N–H and O–H groups in total. The predicted molar refractivity (Wildman–Crippen MR) is 71.0 cm³/mol. The maximum absolute atomic E-state index is 4.55. The molecule has 0 amide bonds. The molecule has 1 saturated carbocycles. The van der Waals surface area contributed by atoms with Crippen molar-refractivity contribution in [3.63, 3.8) is 0 Å². The second-order valence-electron chi connectivity index (χ2n) is 5.25. The molecule has 0 spiro atoms. The molecule has 1 atom stereocenters. The van der Waals surface area contributed by atoms with Crippen LogP contribution in [0.15, 0.2) is 6.07 Å². The summed E-state index contributed by atoms with van der Waals surface area (Å²) in [6, 6.07) is 2.71. The fraction of sp³-hybridized carbons (Fsp3) is 0.786. The minimum absolute atomic E-state index is 0.472. The van der Waals surface area contributed by atoms with E-state index >= 15 is 0 Å². The number of nitrogens with one attached hydrogen (secondary N) is 1. The van der Waals surface area contributed by atoms with Crippen molar-refractivity contribution in [2.45, 2.75) is 58.5 Å². The molecule has 1 aliphatic carbocycles. The molecule has 1 heterocycles. The van der Waals surface area contributed by atoms with Gasteiger partial charge in [0.2, 0.25) is 0 Å². The molecule has 3 nitrogen and oxygen atoms in total. The smallest absolute Gasteiger partial charge is 0.0597 e. The van der Waals surface area contributed by atoms with Crippen molar-refractivity contribution in [2.24, 2.45) is 5.92 Å². The van der Waals surface area contributed by atoms with Gasteiger partial charge in [-0.15, -0.1) is 0 Å². The van der Waals surface area contributed by atoms with Crippen LogP contribution in [-0.2, 0) is 6.54 Å². The van der Waals surface area contributed by atoms with Gasteiger partial charge < -0.3 is 5.32 Å². The van der Waals surface area contributed by atoms with Crippen LogP contribution in [0.4, 0.5) is 0 Å². The maximum Gasteiger partial charge on any atom is 0.0597 e. The zero-order chi connectivity index (χ0) is 12.3. The molecule has 1 fully saturated rings. The van der Waals surface area contributed by atoms with Gasteiger partial charge in [0.05, 0.1) is 11.4 Å². The summed E-state index contributed by atoms with van der Waals surface area (Å²) in [4.78, 5) is 0. The maximum atomic E-state index is 4.55. The third kappa shape index (κ3) is 2.89. The Morgan fingerprint density at radius 1 is 1.47 bits per heavy atom. The zero-order valence-electron chi connectivity index (χ0n) is 11.4. The van der Waals surface area contributed by atoms with Gasteiger partial charge in [0, 0.05) is 12.6 Å². The zero-order valence-corrected chi connectivity index (χ0v) is 11.4. The monoisotopic (exact) mass is 235 g/mol. The van der Waals surface area contributed by atoms with Gasteiger partial charge in [-0.2, -0.15) is 5.10 Å². The minimum atomic E-state index is 0.472. The van der Waals surface area contributed by atoms with E-state index in [4.69, 9.17) is 0 Å². The quantitative estimate of drug-likeness (QED) is 0.850. The Balaban J connectivity index is 2.10. The molecule has 17 heavy (non-hydrogen) atoms. The number of aromatic nitrogens is 2. The molecule has 1 aromatic heterocycles. The largest absolute Gasteiger partial charge is 0.312 e. The van der Waals surface area contributed by atoms with E-state index in [0.29, 0.717) is 6.04 Å². The van der Waals surface area contributed by atoms with Crippen LogP contribution in [0.5, 0.6) is 0 Å². The first kappa shape index (κ1) is 12.6. The van der Waals surface area contributed by atoms with Crippen LogP contribution in [0.3, 0.4) is 0 Å². The summed E-state index contributed by atoms with van der Waals surface area (Å²) in [6.07, 6.45) is 6.94. The highest BCUT2D eigenvalue weighted by molar-refractivity contribution is 5.13.